The van der Waals surface area contributed by atoms with Gasteiger partial charge in [-0.05, 0) is 18.6 Å². The first-order valence-electron chi connectivity index (χ1n) is 3.24. The minimum absolute atomic E-state index is 0.359. The van der Waals surface area contributed by atoms with Crippen LogP contribution in [0, 0.1) is 6.92 Å². The third-order valence-electron chi connectivity index (χ3n) is 1.43. The van der Waals surface area contributed by atoms with Gasteiger partial charge in [-0.2, -0.15) is 0 Å². The average Bonchev–Trinajstić information content (AvgIpc) is 2.04. The molecule has 58 valence electrons. The highest BCUT2D eigenvalue weighted by atomic mass is 35.5. The van der Waals surface area contributed by atoms with E-state index in [0.717, 1.165) is 17.5 Å². The van der Waals surface area contributed by atoms with Crippen LogP contribution in [-0.2, 0) is 5.88 Å². The Kier molecular flexibility index (Phi) is 2.60. The van der Waals surface area contributed by atoms with Crippen molar-refractivity contribution >= 4 is 17.9 Å². The molecular weight excluding hydrogens is 162 g/mol. The molecule has 0 fully saturated rings. The molecule has 2 nitrogen and oxygen atoms in total. The van der Waals surface area contributed by atoms with E-state index >= 15 is 0 Å². The smallest absolute Gasteiger partial charge is 0.151 e. The van der Waals surface area contributed by atoms with E-state index in [1.807, 2.05) is 13.0 Å². The Morgan fingerprint density at radius 3 is 3.00 bits per heavy atom. The number of aromatic nitrogens is 1. The molecule has 1 aromatic heterocycles. The van der Waals surface area contributed by atoms with Crippen molar-refractivity contribution in [3.8, 4) is 0 Å². The van der Waals surface area contributed by atoms with Gasteiger partial charge >= 0.3 is 0 Å². The van der Waals surface area contributed by atoms with Crippen molar-refractivity contribution in [1.82, 2.24) is 4.98 Å². The summed E-state index contributed by atoms with van der Waals surface area (Å²) in [6, 6.07) is 1.82. The Balaban J connectivity index is 3.16. The van der Waals surface area contributed by atoms with Gasteiger partial charge in [-0.25, -0.2) is 0 Å². The highest BCUT2D eigenvalue weighted by molar-refractivity contribution is 6.17. The van der Waals surface area contributed by atoms with Gasteiger partial charge in [-0.1, -0.05) is 0 Å². The maximum Gasteiger partial charge on any atom is 0.151 e. The lowest BCUT2D eigenvalue weighted by Gasteiger charge is -1.99. The lowest BCUT2D eigenvalue weighted by molar-refractivity contribution is 0.112. The molecule has 0 unspecified atom stereocenters. The zero-order chi connectivity index (χ0) is 8.27. The number of carbonyl (C=O) groups excluding carboxylic acids is 1. The second-order valence-corrected chi connectivity index (χ2v) is 2.54. The molecule has 1 heterocycles. The SMILES string of the molecule is Cc1cc(CCl)c(C=O)cn1. The number of rotatable bonds is 2. The third kappa shape index (κ3) is 1.77. The summed E-state index contributed by atoms with van der Waals surface area (Å²) in [5, 5.41) is 0. The molecule has 0 aliphatic carbocycles. The van der Waals surface area contributed by atoms with E-state index in [9.17, 15) is 4.79 Å². The molecule has 0 bridgehead atoms. The normalized spacial score (nSPS) is 9.64. The second-order valence-electron chi connectivity index (χ2n) is 2.28. The van der Waals surface area contributed by atoms with Crippen molar-refractivity contribution in [2.75, 3.05) is 0 Å². The van der Waals surface area contributed by atoms with Crippen LogP contribution in [0.25, 0.3) is 0 Å². The van der Waals surface area contributed by atoms with Crippen LogP contribution < -0.4 is 0 Å². The Bertz CT molecular complexity index is 273. The summed E-state index contributed by atoms with van der Waals surface area (Å²) in [5.74, 6) is 0.359. The molecule has 0 aliphatic heterocycles. The molecule has 3 heteroatoms. The van der Waals surface area contributed by atoms with Crippen LogP contribution in [0.2, 0.25) is 0 Å². The molecular formula is C8H8ClNO. The monoisotopic (exact) mass is 169 g/mol. The van der Waals surface area contributed by atoms with E-state index in [4.69, 9.17) is 11.6 Å². The highest BCUT2D eigenvalue weighted by Gasteiger charge is 1.99. The maximum absolute atomic E-state index is 10.4. The summed E-state index contributed by atoms with van der Waals surface area (Å²) >= 11 is 5.60. The molecule has 0 amide bonds. The fourth-order valence-corrected chi connectivity index (χ4v) is 1.08. The van der Waals surface area contributed by atoms with Crippen molar-refractivity contribution in [2.45, 2.75) is 12.8 Å². The Morgan fingerprint density at radius 2 is 2.45 bits per heavy atom. The van der Waals surface area contributed by atoms with Gasteiger partial charge in [0, 0.05) is 23.3 Å². The van der Waals surface area contributed by atoms with Crippen LogP contribution >= 0.6 is 11.6 Å². The predicted molar refractivity (Wildman–Crippen MR) is 43.9 cm³/mol. The number of alkyl halides is 1. The first kappa shape index (κ1) is 8.21. The summed E-state index contributed by atoms with van der Waals surface area (Å²) in [6.45, 7) is 1.87. The Morgan fingerprint density at radius 1 is 1.73 bits per heavy atom. The largest absolute Gasteiger partial charge is 0.298 e. The fourth-order valence-electron chi connectivity index (χ4n) is 0.849. The number of hydrogen-bond acceptors (Lipinski definition) is 2. The Labute approximate surface area is 70.2 Å². The first-order chi connectivity index (χ1) is 5.27. The van der Waals surface area contributed by atoms with Gasteiger partial charge in [-0.15, -0.1) is 11.6 Å². The fraction of sp³-hybridized carbons (Fsp3) is 0.250. The maximum atomic E-state index is 10.4. The number of aldehydes is 1. The Hall–Kier alpha value is -0.890. The zero-order valence-electron chi connectivity index (χ0n) is 6.17. The van der Waals surface area contributed by atoms with Gasteiger partial charge in [0.2, 0.25) is 0 Å². The van der Waals surface area contributed by atoms with Crippen molar-refractivity contribution in [2.24, 2.45) is 0 Å². The van der Waals surface area contributed by atoms with E-state index in [2.05, 4.69) is 4.98 Å². The van der Waals surface area contributed by atoms with Gasteiger partial charge in [0.15, 0.2) is 6.29 Å². The summed E-state index contributed by atoms with van der Waals surface area (Å²) in [4.78, 5) is 14.4. The van der Waals surface area contributed by atoms with Gasteiger partial charge < -0.3 is 0 Å². The molecule has 0 N–H and O–H groups in total. The van der Waals surface area contributed by atoms with Crippen LogP contribution in [-0.4, -0.2) is 11.3 Å². The summed E-state index contributed by atoms with van der Waals surface area (Å²) < 4.78 is 0. The van der Waals surface area contributed by atoms with Gasteiger partial charge in [-0.3, -0.25) is 9.78 Å². The first-order valence-corrected chi connectivity index (χ1v) is 3.78. The third-order valence-corrected chi connectivity index (χ3v) is 1.72. The van der Waals surface area contributed by atoms with Crippen molar-refractivity contribution in [3.05, 3.63) is 29.1 Å². The van der Waals surface area contributed by atoms with Crippen molar-refractivity contribution < 1.29 is 4.79 Å². The summed E-state index contributed by atoms with van der Waals surface area (Å²) in [6.07, 6.45) is 2.31. The van der Waals surface area contributed by atoms with E-state index in [1.165, 1.54) is 0 Å². The lowest BCUT2D eigenvalue weighted by atomic mass is 10.1. The van der Waals surface area contributed by atoms with E-state index in [-0.39, 0.29) is 0 Å². The molecule has 11 heavy (non-hydrogen) atoms. The number of aryl methyl sites for hydroxylation is 1. The van der Waals surface area contributed by atoms with Crippen LogP contribution in [0.4, 0.5) is 0 Å². The molecule has 0 radical (unpaired) electrons. The number of carbonyl (C=O) groups is 1. The number of hydrogen-bond donors (Lipinski definition) is 0. The van der Waals surface area contributed by atoms with Gasteiger partial charge in [0.1, 0.15) is 0 Å². The van der Waals surface area contributed by atoms with E-state index < -0.39 is 0 Å². The number of halogens is 1. The van der Waals surface area contributed by atoms with Crippen molar-refractivity contribution in [3.63, 3.8) is 0 Å². The molecule has 1 rings (SSSR count). The topological polar surface area (TPSA) is 30.0 Å². The average molecular weight is 170 g/mol. The van der Waals surface area contributed by atoms with E-state index in [0.29, 0.717) is 11.4 Å². The zero-order valence-corrected chi connectivity index (χ0v) is 6.93. The minimum atomic E-state index is 0.359. The minimum Gasteiger partial charge on any atom is -0.298 e. The molecule has 0 aliphatic rings. The molecule has 0 saturated heterocycles. The second kappa shape index (κ2) is 3.49. The number of nitrogens with zero attached hydrogens (tertiary/aromatic N) is 1. The predicted octanol–water partition coefficient (Wildman–Crippen LogP) is 1.94. The van der Waals surface area contributed by atoms with Crippen LogP contribution in [0.1, 0.15) is 21.6 Å². The van der Waals surface area contributed by atoms with E-state index in [1.54, 1.807) is 6.20 Å². The quantitative estimate of drug-likeness (QED) is 0.500. The molecule has 0 aromatic carbocycles. The number of pyridine rings is 1. The van der Waals surface area contributed by atoms with Gasteiger partial charge in [0.25, 0.3) is 0 Å². The molecule has 0 spiro atoms. The van der Waals surface area contributed by atoms with Crippen LogP contribution in [0.5, 0.6) is 0 Å². The van der Waals surface area contributed by atoms with Crippen molar-refractivity contribution in [1.29, 1.82) is 0 Å². The lowest BCUT2D eigenvalue weighted by Crippen LogP contribution is -1.92. The van der Waals surface area contributed by atoms with Gasteiger partial charge in [0.05, 0.1) is 0 Å². The summed E-state index contributed by atoms with van der Waals surface area (Å²) in [5.41, 5.74) is 2.30. The molecule has 0 atom stereocenters. The van der Waals surface area contributed by atoms with Crippen LogP contribution in [0.3, 0.4) is 0 Å². The highest BCUT2D eigenvalue weighted by Crippen LogP contribution is 2.09. The molecule has 0 saturated carbocycles. The molecule has 1 aromatic rings. The van der Waals surface area contributed by atoms with Crippen LogP contribution in [0.15, 0.2) is 12.3 Å². The summed E-state index contributed by atoms with van der Waals surface area (Å²) in [7, 11) is 0. The standard InChI is InChI=1S/C8H8ClNO/c1-6-2-7(3-9)8(5-11)4-10-6/h2,4-5H,3H2,1H3.